The van der Waals surface area contributed by atoms with Crippen molar-refractivity contribution in [3.8, 4) is 0 Å². The molecule has 0 aliphatic carbocycles. The van der Waals surface area contributed by atoms with Crippen LogP contribution in [0.4, 0.5) is 4.39 Å². The van der Waals surface area contributed by atoms with E-state index in [2.05, 4.69) is 4.98 Å². The lowest BCUT2D eigenvalue weighted by atomic mass is 10.2. The Balaban J connectivity index is 2.18. The smallest absolute Gasteiger partial charge is 0.312 e. The van der Waals surface area contributed by atoms with E-state index in [-0.39, 0.29) is 18.0 Å². The molecule has 5 heteroatoms. The predicted molar refractivity (Wildman–Crippen MR) is 64.7 cm³/mol. The zero-order valence-corrected chi connectivity index (χ0v) is 10.6. The van der Waals surface area contributed by atoms with E-state index in [9.17, 15) is 9.18 Å². The second-order valence-electron chi connectivity index (χ2n) is 5.08. The van der Waals surface area contributed by atoms with Crippen LogP contribution >= 0.6 is 0 Å². The van der Waals surface area contributed by atoms with Crippen molar-refractivity contribution < 1.29 is 13.9 Å². The molecule has 2 aromatic heterocycles. The molecular weight excluding hydrogens is 235 g/mol. The molecule has 2 rings (SSSR count). The summed E-state index contributed by atoms with van der Waals surface area (Å²) in [7, 11) is 0. The van der Waals surface area contributed by atoms with Crippen LogP contribution in [0.25, 0.3) is 5.65 Å². The van der Waals surface area contributed by atoms with Crippen molar-refractivity contribution in [2.45, 2.75) is 32.8 Å². The summed E-state index contributed by atoms with van der Waals surface area (Å²) in [6.45, 7) is 5.40. The zero-order chi connectivity index (χ0) is 13.3. The van der Waals surface area contributed by atoms with Gasteiger partial charge in [-0.1, -0.05) is 0 Å². The van der Waals surface area contributed by atoms with Crippen molar-refractivity contribution in [1.29, 1.82) is 0 Å². The molecule has 0 N–H and O–H groups in total. The molecular formula is C13H15FN2O2. The Morgan fingerprint density at radius 2 is 2.22 bits per heavy atom. The molecule has 0 spiro atoms. The molecule has 0 atom stereocenters. The van der Waals surface area contributed by atoms with E-state index in [0.29, 0.717) is 5.69 Å². The molecule has 0 unspecified atom stereocenters. The molecule has 0 saturated carbocycles. The van der Waals surface area contributed by atoms with Gasteiger partial charge in [0.1, 0.15) is 5.60 Å². The van der Waals surface area contributed by atoms with Crippen molar-refractivity contribution in [3.63, 3.8) is 0 Å². The predicted octanol–water partition coefficient (Wildman–Crippen LogP) is 2.36. The van der Waals surface area contributed by atoms with Gasteiger partial charge >= 0.3 is 5.97 Å². The molecule has 0 fully saturated rings. The number of carbonyl (C=O) groups is 1. The summed E-state index contributed by atoms with van der Waals surface area (Å²) < 4.78 is 20.1. The van der Waals surface area contributed by atoms with Gasteiger partial charge in [-0.2, -0.15) is 0 Å². The topological polar surface area (TPSA) is 43.6 Å². The minimum Gasteiger partial charge on any atom is -0.460 e. The molecule has 2 heterocycles. The van der Waals surface area contributed by atoms with Crippen molar-refractivity contribution in [1.82, 2.24) is 9.38 Å². The number of carbonyl (C=O) groups excluding carboxylic acids is 1. The Labute approximate surface area is 104 Å². The highest BCUT2D eigenvalue weighted by atomic mass is 19.1. The van der Waals surface area contributed by atoms with Gasteiger partial charge in [-0.25, -0.2) is 9.37 Å². The van der Waals surface area contributed by atoms with Gasteiger partial charge in [-0.15, -0.1) is 0 Å². The van der Waals surface area contributed by atoms with Gasteiger partial charge in [0.25, 0.3) is 0 Å². The third kappa shape index (κ3) is 2.85. The Bertz CT molecular complexity index is 584. The Morgan fingerprint density at radius 3 is 2.83 bits per heavy atom. The highest BCUT2D eigenvalue weighted by Crippen LogP contribution is 2.12. The first kappa shape index (κ1) is 12.5. The summed E-state index contributed by atoms with van der Waals surface area (Å²) in [5, 5.41) is 0. The molecule has 4 nitrogen and oxygen atoms in total. The molecule has 0 aliphatic heterocycles. The summed E-state index contributed by atoms with van der Waals surface area (Å²) in [5.41, 5.74) is 0.187. The van der Waals surface area contributed by atoms with Gasteiger partial charge < -0.3 is 9.14 Å². The number of rotatable bonds is 2. The van der Waals surface area contributed by atoms with Crippen molar-refractivity contribution in [2.75, 3.05) is 0 Å². The minimum absolute atomic E-state index is 0.0401. The number of hydrogen-bond donors (Lipinski definition) is 0. The first-order valence-corrected chi connectivity index (χ1v) is 5.69. The van der Waals surface area contributed by atoms with Gasteiger partial charge in [0.05, 0.1) is 12.1 Å². The average molecular weight is 250 g/mol. The molecule has 0 saturated heterocycles. The van der Waals surface area contributed by atoms with Crippen LogP contribution in [0.1, 0.15) is 26.5 Å². The van der Waals surface area contributed by atoms with Crippen molar-refractivity contribution >= 4 is 11.6 Å². The van der Waals surface area contributed by atoms with Gasteiger partial charge in [-0.05, 0) is 32.9 Å². The fourth-order valence-electron chi connectivity index (χ4n) is 1.64. The third-order valence-corrected chi connectivity index (χ3v) is 2.23. The van der Waals surface area contributed by atoms with Crippen molar-refractivity contribution in [3.05, 3.63) is 36.0 Å². The van der Waals surface area contributed by atoms with Crippen LogP contribution in [-0.4, -0.2) is 21.0 Å². The molecule has 0 aromatic carbocycles. The lowest BCUT2D eigenvalue weighted by Gasteiger charge is -2.18. The van der Waals surface area contributed by atoms with E-state index < -0.39 is 11.4 Å². The second-order valence-corrected chi connectivity index (χ2v) is 5.08. The van der Waals surface area contributed by atoms with E-state index in [1.807, 2.05) is 0 Å². The molecule has 0 bridgehead atoms. The quantitative estimate of drug-likeness (QED) is 0.768. The number of imidazole rings is 1. The maximum atomic E-state index is 13.4. The minimum atomic E-state index is -0.526. The largest absolute Gasteiger partial charge is 0.460 e. The van der Waals surface area contributed by atoms with E-state index in [4.69, 9.17) is 4.74 Å². The maximum absolute atomic E-state index is 13.4. The summed E-state index contributed by atoms with van der Waals surface area (Å²) in [5.74, 6) is -0.778. The van der Waals surface area contributed by atoms with Crippen LogP contribution in [-0.2, 0) is 16.0 Å². The van der Waals surface area contributed by atoms with Crippen LogP contribution in [0, 0.1) is 5.82 Å². The Kier molecular flexibility index (Phi) is 3.07. The summed E-state index contributed by atoms with van der Waals surface area (Å²) in [6.07, 6.45) is 3.35. The average Bonchev–Trinajstić information content (AvgIpc) is 2.58. The molecule has 18 heavy (non-hydrogen) atoms. The molecule has 96 valence electrons. The summed E-state index contributed by atoms with van der Waals surface area (Å²) in [4.78, 5) is 15.7. The number of ether oxygens (including phenoxy) is 1. The van der Waals surface area contributed by atoms with Crippen LogP contribution in [0.3, 0.4) is 0 Å². The van der Waals surface area contributed by atoms with E-state index in [1.165, 1.54) is 6.07 Å². The van der Waals surface area contributed by atoms with Crippen LogP contribution in [0.2, 0.25) is 0 Å². The molecule has 2 aromatic rings. The monoisotopic (exact) mass is 250 g/mol. The highest BCUT2D eigenvalue weighted by Gasteiger charge is 2.18. The lowest BCUT2D eigenvalue weighted by Crippen LogP contribution is -2.24. The number of fused-ring (bicyclic) bond motifs is 1. The standard InChI is InChI=1S/C13H15FN2O2/c1-13(2,3)18-11(17)7-9-8-16-6-4-5-10(14)12(16)15-9/h4-6,8H,7H2,1-3H3. The lowest BCUT2D eigenvalue weighted by molar-refractivity contribution is -0.153. The van der Waals surface area contributed by atoms with Crippen LogP contribution in [0.15, 0.2) is 24.5 Å². The van der Waals surface area contributed by atoms with Gasteiger partial charge in [-0.3, -0.25) is 4.79 Å². The first-order valence-electron chi connectivity index (χ1n) is 5.69. The van der Waals surface area contributed by atoms with E-state index >= 15 is 0 Å². The van der Waals surface area contributed by atoms with Crippen LogP contribution < -0.4 is 0 Å². The van der Waals surface area contributed by atoms with Gasteiger partial charge in [0.2, 0.25) is 0 Å². The SMILES string of the molecule is CC(C)(C)OC(=O)Cc1cn2cccc(F)c2n1. The Morgan fingerprint density at radius 1 is 1.50 bits per heavy atom. The maximum Gasteiger partial charge on any atom is 0.312 e. The molecule has 0 amide bonds. The van der Waals surface area contributed by atoms with E-state index in [1.54, 1.807) is 43.6 Å². The summed E-state index contributed by atoms with van der Waals surface area (Å²) in [6, 6.07) is 2.92. The van der Waals surface area contributed by atoms with Crippen LogP contribution in [0.5, 0.6) is 0 Å². The number of nitrogens with zero attached hydrogens (tertiary/aromatic N) is 2. The van der Waals surface area contributed by atoms with Gasteiger partial charge in [0, 0.05) is 12.4 Å². The first-order chi connectivity index (χ1) is 8.35. The number of aromatic nitrogens is 2. The fraction of sp³-hybridized carbons (Fsp3) is 0.385. The highest BCUT2D eigenvalue weighted by molar-refractivity contribution is 5.72. The number of esters is 1. The van der Waals surface area contributed by atoms with Crippen molar-refractivity contribution in [2.24, 2.45) is 0 Å². The van der Waals surface area contributed by atoms with Gasteiger partial charge in [0.15, 0.2) is 11.5 Å². The third-order valence-electron chi connectivity index (χ3n) is 2.23. The molecule has 0 aliphatic rings. The second kappa shape index (κ2) is 4.40. The van der Waals surface area contributed by atoms with E-state index in [0.717, 1.165) is 0 Å². The number of pyridine rings is 1. The fourth-order valence-corrected chi connectivity index (χ4v) is 1.64. The number of hydrogen-bond acceptors (Lipinski definition) is 3. The molecule has 0 radical (unpaired) electrons. The Hall–Kier alpha value is -1.91. The zero-order valence-electron chi connectivity index (χ0n) is 10.6. The normalized spacial score (nSPS) is 11.8. The summed E-state index contributed by atoms with van der Waals surface area (Å²) >= 11 is 0. The number of halogens is 1.